The Labute approximate surface area is 157 Å². The second kappa shape index (κ2) is 7.46. The summed E-state index contributed by atoms with van der Waals surface area (Å²) in [4.78, 5) is 27.6. The van der Waals surface area contributed by atoms with Crippen LogP contribution in [0.4, 0.5) is 4.39 Å². The first-order valence-corrected chi connectivity index (χ1v) is 8.78. The zero-order valence-corrected chi connectivity index (χ0v) is 15.5. The summed E-state index contributed by atoms with van der Waals surface area (Å²) in [5.41, 5.74) is 1.88. The molecule has 136 valence electrons. The molecule has 1 fully saturated rings. The van der Waals surface area contributed by atoms with E-state index in [0.717, 1.165) is 5.56 Å². The fourth-order valence-corrected chi connectivity index (χ4v) is 3.51. The lowest BCUT2D eigenvalue weighted by atomic mass is 10.0. The van der Waals surface area contributed by atoms with Crippen LogP contribution >= 0.6 is 11.6 Å². The Kier molecular flexibility index (Phi) is 5.28. The minimum Gasteiger partial charge on any atom is -0.345 e. The van der Waals surface area contributed by atoms with Crippen molar-refractivity contribution in [3.63, 3.8) is 0 Å². The predicted molar refractivity (Wildman–Crippen MR) is 99.6 cm³/mol. The first-order chi connectivity index (χ1) is 12.3. The van der Waals surface area contributed by atoms with Gasteiger partial charge in [0.15, 0.2) is 0 Å². The molecule has 1 aliphatic rings. The summed E-state index contributed by atoms with van der Waals surface area (Å²) in [5, 5.41) is 0.456. The van der Waals surface area contributed by atoms with E-state index < -0.39 is 0 Å². The van der Waals surface area contributed by atoms with Gasteiger partial charge in [-0.2, -0.15) is 0 Å². The zero-order valence-electron chi connectivity index (χ0n) is 14.7. The van der Waals surface area contributed by atoms with E-state index in [-0.39, 0.29) is 23.5 Å². The lowest BCUT2D eigenvalue weighted by Gasteiger charge is -2.21. The number of nitrogens with zero attached hydrogens (tertiary/aromatic N) is 2. The van der Waals surface area contributed by atoms with Gasteiger partial charge in [0.1, 0.15) is 5.82 Å². The van der Waals surface area contributed by atoms with E-state index in [2.05, 4.69) is 0 Å². The average Bonchev–Trinajstić information content (AvgIpc) is 2.94. The Balaban J connectivity index is 1.70. The molecule has 2 aromatic rings. The topological polar surface area (TPSA) is 40.6 Å². The van der Waals surface area contributed by atoms with Crippen LogP contribution in [0.5, 0.6) is 0 Å². The van der Waals surface area contributed by atoms with Gasteiger partial charge in [-0.25, -0.2) is 4.39 Å². The molecule has 0 aliphatic carbocycles. The molecule has 4 nitrogen and oxygen atoms in total. The van der Waals surface area contributed by atoms with E-state index in [1.54, 1.807) is 48.2 Å². The minimum absolute atomic E-state index is 0.108. The Morgan fingerprint density at radius 3 is 2.58 bits per heavy atom. The molecule has 1 aliphatic heterocycles. The van der Waals surface area contributed by atoms with Gasteiger partial charge in [0.25, 0.3) is 5.91 Å². The average molecular weight is 375 g/mol. The van der Waals surface area contributed by atoms with Crippen LogP contribution in [0.1, 0.15) is 16.8 Å². The van der Waals surface area contributed by atoms with Gasteiger partial charge in [0.2, 0.25) is 5.91 Å². The molecule has 0 saturated carbocycles. The monoisotopic (exact) mass is 374 g/mol. The molecule has 0 spiro atoms. The first-order valence-electron chi connectivity index (χ1n) is 8.40. The molecule has 1 saturated heterocycles. The Morgan fingerprint density at radius 1 is 1.27 bits per heavy atom. The van der Waals surface area contributed by atoms with Gasteiger partial charge >= 0.3 is 0 Å². The van der Waals surface area contributed by atoms with Gasteiger partial charge < -0.3 is 9.80 Å². The van der Waals surface area contributed by atoms with Gasteiger partial charge in [-0.3, -0.25) is 9.59 Å². The van der Waals surface area contributed by atoms with Crippen molar-refractivity contribution in [1.29, 1.82) is 0 Å². The van der Waals surface area contributed by atoms with Gasteiger partial charge in [-0.1, -0.05) is 23.7 Å². The van der Waals surface area contributed by atoms with Gasteiger partial charge in [0, 0.05) is 55.7 Å². The molecular weight excluding hydrogens is 355 g/mol. The highest BCUT2D eigenvalue weighted by Crippen LogP contribution is 2.29. The highest BCUT2D eigenvalue weighted by molar-refractivity contribution is 6.33. The maximum atomic E-state index is 13.4. The first kappa shape index (κ1) is 18.4. The second-order valence-electron chi connectivity index (χ2n) is 6.73. The molecule has 0 bridgehead atoms. The van der Waals surface area contributed by atoms with Crippen molar-refractivity contribution in [3.8, 4) is 11.1 Å². The molecule has 1 atom stereocenters. The molecule has 2 aromatic carbocycles. The fourth-order valence-electron chi connectivity index (χ4n) is 3.28. The number of benzene rings is 2. The second-order valence-corrected chi connectivity index (χ2v) is 7.14. The minimum atomic E-state index is -0.361. The Hall–Kier alpha value is -2.40. The predicted octanol–water partition coefficient (Wildman–Crippen LogP) is 3.70. The summed E-state index contributed by atoms with van der Waals surface area (Å²) >= 11 is 6.13. The van der Waals surface area contributed by atoms with Crippen LogP contribution in [0, 0.1) is 11.7 Å². The molecule has 0 aromatic heterocycles. The third-order valence-electron chi connectivity index (χ3n) is 4.67. The number of halogens is 2. The number of rotatable bonds is 4. The highest BCUT2D eigenvalue weighted by Gasteiger charge is 2.28. The fraction of sp³-hybridized carbons (Fsp3) is 0.300. The van der Waals surface area contributed by atoms with Crippen molar-refractivity contribution in [2.45, 2.75) is 6.42 Å². The molecule has 3 rings (SSSR count). The SMILES string of the molecule is CN1C[C@H](CN(C)C(=O)c2ccc(-c3cc(F)ccc3Cl)cc2)CC1=O. The van der Waals surface area contributed by atoms with Gasteiger partial charge in [0.05, 0.1) is 0 Å². The Morgan fingerprint density at radius 2 is 1.96 bits per heavy atom. The van der Waals surface area contributed by atoms with Crippen molar-refractivity contribution in [2.75, 3.05) is 27.2 Å². The molecule has 0 radical (unpaired) electrons. The quantitative estimate of drug-likeness (QED) is 0.818. The lowest BCUT2D eigenvalue weighted by molar-refractivity contribution is -0.126. The summed E-state index contributed by atoms with van der Waals surface area (Å²) in [6.45, 7) is 1.21. The van der Waals surface area contributed by atoms with Crippen LogP contribution in [-0.2, 0) is 4.79 Å². The molecule has 26 heavy (non-hydrogen) atoms. The van der Waals surface area contributed by atoms with E-state index in [4.69, 9.17) is 11.6 Å². The van der Waals surface area contributed by atoms with Crippen molar-refractivity contribution < 1.29 is 14.0 Å². The lowest BCUT2D eigenvalue weighted by Crippen LogP contribution is -2.32. The summed E-state index contributed by atoms with van der Waals surface area (Å²) in [6.07, 6.45) is 0.477. The van der Waals surface area contributed by atoms with Crippen LogP contribution in [0.25, 0.3) is 11.1 Å². The normalized spacial score (nSPS) is 16.8. The number of likely N-dealkylation sites (tertiary alicyclic amines) is 1. The summed E-state index contributed by atoms with van der Waals surface area (Å²) < 4.78 is 13.4. The third-order valence-corrected chi connectivity index (χ3v) is 5.00. The standard InChI is InChI=1S/C20H20ClFN2O2/c1-23-11-13(9-19(23)25)12-24(2)20(26)15-5-3-14(4-6-15)17-10-16(22)7-8-18(17)21/h3-8,10,13H,9,11-12H2,1-2H3/t13-/m1/s1. The van der Waals surface area contributed by atoms with Crippen LogP contribution in [0.2, 0.25) is 5.02 Å². The van der Waals surface area contributed by atoms with E-state index in [9.17, 15) is 14.0 Å². The Bertz CT molecular complexity index is 838. The summed E-state index contributed by atoms with van der Waals surface area (Å²) in [5.74, 6) is -0.191. The van der Waals surface area contributed by atoms with Gasteiger partial charge in [-0.05, 0) is 35.9 Å². The highest BCUT2D eigenvalue weighted by atomic mass is 35.5. The van der Waals surface area contributed by atoms with Crippen LogP contribution in [-0.4, -0.2) is 48.8 Å². The summed E-state index contributed by atoms with van der Waals surface area (Å²) in [6, 6.07) is 11.1. The van der Waals surface area contributed by atoms with Crippen molar-refractivity contribution in [3.05, 3.63) is 58.9 Å². The zero-order chi connectivity index (χ0) is 18.8. The smallest absolute Gasteiger partial charge is 0.253 e. The van der Waals surface area contributed by atoms with Crippen LogP contribution in [0.3, 0.4) is 0 Å². The van der Waals surface area contributed by atoms with E-state index in [0.29, 0.717) is 35.7 Å². The number of carbonyl (C=O) groups excluding carboxylic acids is 2. The molecule has 0 N–H and O–H groups in total. The largest absolute Gasteiger partial charge is 0.345 e. The van der Waals surface area contributed by atoms with E-state index >= 15 is 0 Å². The number of hydrogen-bond acceptors (Lipinski definition) is 2. The molecule has 0 unspecified atom stereocenters. The number of carbonyl (C=O) groups is 2. The van der Waals surface area contributed by atoms with E-state index in [1.165, 1.54) is 18.2 Å². The van der Waals surface area contributed by atoms with E-state index in [1.807, 2.05) is 0 Å². The third kappa shape index (κ3) is 3.88. The van der Waals surface area contributed by atoms with Crippen molar-refractivity contribution in [1.82, 2.24) is 9.80 Å². The maximum absolute atomic E-state index is 13.4. The maximum Gasteiger partial charge on any atom is 0.253 e. The van der Waals surface area contributed by atoms with Crippen molar-refractivity contribution >= 4 is 23.4 Å². The molecule has 6 heteroatoms. The molecule has 1 heterocycles. The summed E-state index contributed by atoms with van der Waals surface area (Å²) in [7, 11) is 3.52. The van der Waals surface area contributed by atoms with Crippen LogP contribution in [0.15, 0.2) is 42.5 Å². The number of amides is 2. The van der Waals surface area contributed by atoms with Crippen molar-refractivity contribution in [2.24, 2.45) is 5.92 Å². The van der Waals surface area contributed by atoms with Crippen LogP contribution < -0.4 is 0 Å². The molecular formula is C20H20ClFN2O2. The molecule has 2 amide bonds. The van der Waals surface area contributed by atoms with Gasteiger partial charge in [-0.15, -0.1) is 0 Å². The number of hydrogen-bond donors (Lipinski definition) is 0.